The topological polar surface area (TPSA) is 20.2 Å². The summed E-state index contributed by atoms with van der Waals surface area (Å²) in [5.74, 6) is 1.98. The molecule has 0 fully saturated rings. The van der Waals surface area contributed by atoms with Crippen molar-refractivity contribution in [3.8, 4) is 0 Å². The zero-order valence-electron chi connectivity index (χ0n) is 13.0. The molecule has 4 unspecified atom stereocenters. The van der Waals surface area contributed by atoms with Crippen LogP contribution in [-0.2, 0) is 0 Å². The highest BCUT2D eigenvalue weighted by Gasteiger charge is 2.34. The third-order valence-corrected chi connectivity index (χ3v) is 5.14. The normalized spacial score (nSPS) is 30.5. The first-order chi connectivity index (χ1) is 8.89. The molecule has 0 saturated carbocycles. The van der Waals surface area contributed by atoms with Crippen LogP contribution in [0.1, 0.15) is 59.8 Å². The van der Waals surface area contributed by atoms with E-state index in [0.717, 1.165) is 18.3 Å². The van der Waals surface area contributed by atoms with Crippen molar-refractivity contribution < 1.29 is 5.11 Å². The van der Waals surface area contributed by atoms with E-state index in [-0.39, 0.29) is 11.5 Å². The first kappa shape index (κ1) is 14.8. The number of aliphatic hydroxyl groups is 1. The van der Waals surface area contributed by atoms with Gasteiger partial charge in [-0.15, -0.1) is 0 Å². The van der Waals surface area contributed by atoms with Gasteiger partial charge in [-0.1, -0.05) is 44.6 Å². The molecule has 19 heavy (non-hydrogen) atoms. The van der Waals surface area contributed by atoms with Gasteiger partial charge in [0.25, 0.3) is 0 Å². The second kappa shape index (κ2) is 5.83. The summed E-state index contributed by atoms with van der Waals surface area (Å²) in [7, 11) is 0. The first-order valence-electron chi connectivity index (χ1n) is 7.91. The standard InChI is InChI=1S/C18H30O/c1-13(19)17(18(2,3)4)12-15-10-7-9-14-8-5-6-11-16(14)15/h5-6,10,13-14,16-17,19H,7-9,11-12H2,1-4H3. The Bertz CT molecular complexity index is 356. The van der Waals surface area contributed by atoms with Crippen LogP contribution < -0.4 is 0 Å². The Labute approximate surface area is 118 Å². The molecule has 0 saturated heterocycles. The quantitative estimate of drug-likeness (QED) is 0.729. The molecule has 4 atom stereocenters. The van der Waals surface area contributed by atoms with Crippen molar-refractivity contribution in [3.05, 3.63) is 23.8 Å². The average molecular weight is 262 g/mol. The molecule has 1 N–H and O–H groups in total. The summed E-state index contributed by atoms with van der Waals surface area (Å²) in [6.07, 6.45) is 13.1. The molecule has 2 aliphatic rings. The molecule has 0 spiro atoms. The number of hydrogen-bond acceptors (Lipinski definition) is 1. The SMILES string of the molecule is CC(O)C(CC1=CCCC2CC=CCC12)C(C)(C)C. The second-order valence-corrected chi connectivity index (χ2v) is 7.58. The maximum Gasteiger partial charge on any atom is 0.0548 e. The highest BCUT2D eigenvalue weighted by atomic mass is 16.3. The fourth-order valence-corrected chi connectivity index (χ4v) is 3.97. The van der Waals surface area contributed by atoms with Crippen LogP contribution in [0.3, 0.4) is 0 Å². The lowest BCUT2D eigenvalue weighted by molar-refractivity contribution is 0.0533. The van der Waals surface area contributed by atoms with Crippen LogP contribution in [0.4, 0.5) is 0 Å². The molecule has 0 aromatic carbocycles. The second-order valence-electron chi connectivity index (χ2n) is 7.58. The molecule has 108 valence electrons. The predicted octanol–water partition coefficient (Wildman–Crippen LogP) is 4.72. The van der Waals surface area contributed by atoms with Crippen molar-refractivity contribution in [1.29, 1.82) is 0 Å². The minimum Gasteiger partial charge on any atom is -0.393 e. The Kier molecular flexibility index (Phi) is 4.55. The summed E-state index contributed by atoms with van der Waals surface area (Å²) in [4.78, 5) is 0. The van der Waals surface area contributed by atoms with Crippen molar-refractivity contribution in [1.82, 2.24) is 0 Å². The van der Waals surface area contributed by atoms with Gasteiger partial charge >= 0.3 is 0 Å². The van der Waals surface area contributed by atoms with Crippen LogP contribution in [0, 0.1) is 23.2 Å². The molecule has 2 aliphatic carbocycles. The van der Waals surface area contributed by atoms with Crippen LogP contribution in [0.25, 0.3) is 0 Å². The van der Waals surface area contributed by atoms with Gasteiger partial charge in [-0.2, -0.15) is 0 Å². The Morgan fingerprint density at radius 1 is 1.26 bits per heavy atom. The van der Waals surface area contributed by atoms with Crippen molar-refractivity contribution in [2.24, 2.45) is 23.2 Å². The zero-order chi connectivity index (χ0) is 14.0. The molecule has 1 heteroatoms. The van der Waals surface area contributed by atoms with Gasteiger partial charge in [-0.05, 0) is 62.2 Å². The number of aliphatic hydroxyl groups excluding tert-OH is 1. The summed E-state index contributed by atoms with van der Waals surface area (Å²) in [5, 5.41) is 10.1. The maximum atomic E-state index is 10.1. The van der Waals surface area contributed by atoms with E-state index in [9.17, 15) is 5.11 Å². The molecule has 0 radical (unpaired) electrons. The summed E-state index contributed by atoms with van der Waals surface area (Å²) >= 11 is 0. The van der Waals surface area contributed by atoms with Crippen molar-refractivity contribution in [2.45, 2.75) is 65.9 Å². The Balaban J connectivity index is 2.12. The molecule has 0 aromatic heterocycles. The minimum absolute atomic E-state index is 0.173. The van der Waals surface area contributed by atoms with E-state index < -0.39 is 0 Å². The molecule has 0 amide bonds. The van der Waals surface area contributed by atoms with E-state index in [2.05, 4.69) is 39.0 Å². The Morgan fingerprint density at radius 2 is 1.95 bits per heavy atom. The van der Waals surface area contributed by atoms with Crippen LogP contribution in [0.5, 0.6) is 0 Å². The van der Waals surface area contributed by atoms with Gasteiger partial charge < -0.3 is 5.11 Å². The predicted molar refractivity (Wildman–Crippen MR) is 81.9 cm³/mol. The monoisotopic (exact) mass is 262 g/mol. The number of hydrogen-bond donors (Lipinski definition) is 1. The molecule has 1 nitrogen and oxygen atoms in total. The van der Waals surface area contributed by atoms with Gasteiger partial charge in [0.05, 0.1) is 6.10 Å². The van der Waals surface area contributed by atoms with E-state index in [0.29, 0.717) is 5.92 Å². The number of rotatable bonds is 3. The lowest BCUT2D eigenvalue weighted by Crippen LogP contribution is -2.33. The highest BCUT2D eigenvalue weighted by Crippen LogP contribution is 2.43. The summed E-state index contributed by atoms with van der Waals surface area (Å²) in [6, 6.07) is 0. The van der Waals surface area contributed by atoms with Crippen LogP contribution in [0.15, 0.2) is 23.8 Å². The fraction of sp³-hybridized carbons (Fsp3) is 0.778. The van der Waals surface area contributed by atoms with Crippen LogP contribution in [-0.4, -0.2) is 11.2 Å². The molecule has 0 aliphatic heterocycles. The lowest BCUT2D eigenvalue weighted by Gasteiger charge is -2.39. The molecular formula is C18H30O. The molecule has 0 bridgehead atoms. The smallest absolute Gasteiger partial charge is 0.0548 e. The van der Waals surface area contributed by atoms with Crippen molar-refractivity contribution in [2.75, 3.05) is 0 Å². The van der Waals surface area contributed by atoms with Crippen molar-refractivity contribution in [3.63, 3.8) is 0 Å². The van der Waals surface area contributed by atoms with E-state index in [1.165, 1.54) is 25.7 Å². The summed E-state index contributed by atoms with van der Waals surface area (Å²) in [5.41, 5.74) is 1.80. The molecule has 0 aromatic rings. The van der Waals surface area contributed by atoms with Crippen LogP contribution in [0.2, 0.25) is 0 Å². The third-order valence-electron chi connectivity index (χ3n) is 5.14. The minimum atomic E-state index is -0.222. The first-order valence-corrected chi connectivity index (χ1v) is 7.91. The van der Waals surface area contributed by atoms with Gasteiger partial charge in [0.2, 0.25) is 0 Å². The van der Waals surface area contributed by atoms with E-state index >= 15 is 0 Å². The van der Waals surface area contributed by atoms with E-state index in [4.69, 9.17) is 0 Å². The third kappa shape index (κ3) is 3.51. The zero-order valence-corrected chi connectivity index (χ0v) is 13.0. The molecule has 2 rings (SSSR count). The van der Waals surface area contributed by atoms with Gasteiger partial charge in [-0.25, -0.2) is 0 Å². The number of allylic oxidation sites excluding steroid dienone is 4. The van der Waals surface area contributed by atoms with Gasteiger partial charge in [0, 0.05) is 0 Å². The van der Waals surface area contributed by atoms with E-state index in [1.54, 1.807) is 5.57 Å². The molecule has 0 heterocycles. The maximum absolute atomic E-state index is 10.1. The Morgan fingerprint density at radius 3 is 2.58 bits per heavy atom. The highest BCUT2D eigenvalue weighted by molar-refractivity contribution is 5.17. The van der Waals surface area contributed by atoms with Gasteiger partial charge in [0.15, 0.2) is 0 Å². The van der Waals surface area contributed by atoms with Gasteiger partial charge in [0.1, 0.15) is 0 Å². The van der Waals surface area contributed by atoms with E-state index in [1.807, 2.05) is 6.92 Å². The fourth-order valence-electron chi connectivity index (χ4n) is 3.97. The van der Waals surface area contributed by atoms with Gasteiger partial charge in [-0.3, -0.25) is 0 Å². The largest absolute Gasteiger partial charge is 0.393 e. The lowest BCUT2D eigenvalue weighted by atomic mass is 9.67. The molecular weight excluding hydrogens is 232 g/mol. The summed E-state index contributed by atoms with van der Waals surface area (Å²) < 4.78 is 0. The van der Waals surface area contributed by atoms with Crippen molar-refractivity contribution >= 4 is 0 Å². The van der Waals surface area contributed by atoms with Crippen LogP contribution >= 0.6 is 0 Å². The summed E-state index contributed by atoms with van der Waals surface area (Å²) in [6.45, 7) is 8.72. The Hall–Kier alpha value is -0.560. The number of fused-ring (bicyclic) bond motifs is 1. The average Bonchev–Trinajstić information content (AvgIpc) is 2.34.